The number of halogens is 1. The molecule has 0 amide bonds. The molecule has 0 heterocycles. The molecule has 0 aliphatic heterocycles. The Hall–Kier alpha value is -0.340. The van der Waals surface area contributed by atoms with Crippen LogP contribution in [-0.4, -0.2) is 12.1 Å². The van der Waals surface area contributed by atoms with Crippen molar-refractivity contribution in [3.63, 3.8) is 0 Å². The molecule has 0 spiro atoms. The molecule has 110 valence electrons. The molecule has 3 rings (SSSR count). The third-order valence-electron chi connectivity index (χ3n) is 5.29. The maximum Gasteiger partial charge on any atom is 0.0178 e. The van der Waals surface area contributed by atoms with E-state index in [4.69, 9.17) is 0 Å². The third kappa shape index (κ3) is 3.46. The van der Waals surface area contributed by atoms with E-state index in [0.717, 1.165) is 23.9 Å². The van der Waals surface area contributed by atoms with Crippen molar-refractivity contribution in [3.05, 3.63) is 34.3 Å². The van der Waals surface area contributed by atoms with Crippen LogP contribution in [0.15, 0.2) is 28.7 Å². The fourth-order valence-corrected chi connectivity index (χ4v) is 4.35. The zero-order valence-electron chi connectivity index (χ0n) is 12.4. The molecular weight excluding hydrogens is 310 g/mol. The van der Waals surface area contributed by atoms with E-state index in [9.17, 15) is 0 Å². The lowest BCUT2D eigenvalue weighted by Crippen LogP contribution is -2.47. The fourth-order valence-electron chi connectivity index (χ4n) is 3.93. The van der Waals surface area contributed by atoms with Crippen LogP contribution >= 0.6 is 15.9 Å². The zero-order chi connectivity index (χ0) is 13.9. The minimum atomic E-state index is 0.764. The molecule has 1 nitrogen and oxygen atoms in total. The van der Waals surface area contributed by atoms with Crippen molar-refractivity contribution >= 4 is 15.9 Å². The number of benzene rings is 1. The van der Waals surface area contributed by atoms with Crippen LogP contribution in [0.4, 0.5) is 0 Å². The number of hydrogen-bond acceptors (Lipinski definition) is 1. The van der Waals surface area contributed by atoms with Crippen LogP contribution in [0.2, 0.25) is 0 Å². The highest BCUT2D eigenvalue weighted by atomic mass is 79.9. The van der Waals surface area contributed by atoms with Crippen molar-refractivity contribution in [3.8, 4) is 0 Å². The Balaban J connectivity index is 1.46. The summed E-state index contributed by atoms with van der Waals surface area (Å²) in [6.45, 7) is 2.35. The Kier molecular flexibility index (Phi) is 4.83. The van der Waals surface area contributed by atoms with Gasteiger partial charge < -0.3 is 5.32 Å². The van der Waals surface area contributed by atoms with Crippen LogP contribution in [0.3, 0.4) is 0 Å². The molecule has 0 bridgehead atoms. The van der Waals surface area contributed by atoms with E-state index >= 15 is 0 Å². The number of hydrogen-bond donors (Lipinski definition) is 1. The maximum absolute atomic E-state index is 3.92. The first-order valence-corrected chi connectivity index (χ1v) is 9.05. The smallest absolute Gasteiger partial charge is 0.0178 e. The van der Waals surface area contributed by atoms with E-state index in [-0.39, 0.29) is 0 Å². The van der Waals surface area contributed by atoms with Crippen molar-refractivity contribution < 1.29 is 0 Å². The average Bonchev–Trinajstić information content (AvgIpc) is 2.42. The topological polar surface area (TPSA) is 12.0 Å². The van der Waals surface area contributed by atoms with Crippen molar-refractivity contribution in [1.29, 1.82) is 0 Å². The van der Waals surface area contributed by atoms with Gasteiger partial charge in [0, 0.05) is 16.6 Å². The Morgan fingerprint density at radius 1 is 1.15 bits per heavy atom. The summed E-state index contributed by atoms with van der Waals surface area (Å²) >= 11 is 3.58. The van der Waals surface area contributed by atoms with Gasteiger partial charge in [0.2, 0.25) is 0 Å². The van der Waals surface area contributed by atoms with Crippen LogP contribution in [0.5, 0.6) is 0 Å². The summed E-state index contributed by atoms with van der Waals surface area (Å²) in [5.74, 6) is 1.75. The Morgan fingerprint density at radius 3 is 2.75 bits per heavy atom. The summed E-state index contributed by atoms with van der Waals surface area (Å²) < 4.78 is 1.21. The van der Waals surface area contributed by atoms with Gasteiger partial charge >= 0.3 is 0 Å². The van der Waals surface area contributed by atoms with Gasteiger partial charge in [-0.2, -0.15) is 0 Å². The SMILES string of the molecule is CCC1CCCC(NC2CC(c3cccc(Br)c3)C2)C1. The van der Waals surface area contributed by atoms with Gasteiger partial charge in [-0.05, 0) is 55.2 Å². The second kappa shape index (κ2) is 6.62. The number of nitrogens with one attached hydrogen (secondary N) is 1. The van der Waals surface area contributed by atoms with Gasteiger partial charge in [0.15, 0.2) is 0 Å². The Bertz CT molecular complexity index is 439. The second-order valence-corrected chi connectivity index (χ2v) is 7.64. The summed E-state index contributed by atoms with van der Waals surface area (Å²) in [7, 11) is 0. The summed E-state index contributed by atoms with van der Waals surface area (Å²) in [6.07, 6.45) is 9.71. The van der Waals surface area contributed by atoms with Gasteiger partial charge in [0.05, 0.1) is 0 Å². The highest BCUT2D eigenvalue weighted by Gasteiger charge is 2.32. The normalized spacial score (nSPS) is 33.7. The highest BCUT2D eigenvalue weighted by molar-refractivity contribution is 9.10. The summed E-state index contributed by atoms with van der Waals surface area (Å²) in [5, 5.41) is 3.92. The fraction of sp³-hybridized carbons (Fsp3) is 0.667. The largest absolute Gasteiger partial charge is 0.311 e. The molecule has 2 heteroatoms. The first-order chi connectivity index (χ1) is 9.74. The van der Waals surface area contributed by atoms with Crippen molar-refractivity contribution in [2.24, 2.45) is 5.92 Å². The Labute approximate surface area is 131 Å². The molecule has 1 N–H and O–H groups in total. The van der Waals surface area contributed by atoms with Crippen LogP contribution < -0.4 is 5.32 Å². The Morgan fingerprint density at radius 2 is 2.00 bits per heavy atom. The van der Waals surface area contributed by atoms with Crippen LogP contribution in [0.25, 0.3) is 0 Å². The molecule has 1 aromatic rings. The lowest BCUT2D eigenvalue weighted by atomic mass is 9.74. The molecule has 0 saturated heterocycles. The van der Waals surface area contributed by atoms with Crippen molar-refractivity contribution in [1.82, 2.24) is 5.32 Å². The van der Waals surface area contributed by atoms with Gasteiger partial charge in [-0.3, -0.25) is 0 Å². The molecular formula is C18H26BrN. The molecule has 2 atom stereocenters. The van der Waals surface area contributed by atoms with Gasteiger partial charge in [0.1, 0.15) is 0 Å². The summed E-state index contributed by atoms with van der Waals surface area (Å²) in [4.78, 5) is 0. The second-order valence-electron chi connectivity index (χ2n) is 6.72. The minimum absolute atomic E-state index is 0.764. The van der Waals surface area contributed by atoms with Gasteiger partial charge in [-0.25, -0.2) is 0 Å². The van der Waals surface area contributed by atoms with Crippen LogP contribution in [-0.2, 0) is 0 Å². The van der Waals surface area contributed by atoms with Gasteiger partial charge in [0.25, 0.3) is 0 Å². The molecule has 20 heavy (non-hydrogen) atoms. The monoisotopic (exact) mass is 335 g/mol. The van der Waals surface area contributed by atoms with E-state index in [1.165, 1.54) is 55.0 Å². The predicted molar refractivity (Wildman–Crippen MR) is 89.1 cm³/mol. The molecule has 2 fully saturated rings. The quantitative estimate of drug-likeness (QED) is 0.791. The lowest BCUT2D eigenvalue weighted by molar-refractivity contribution is 0.209. The molecule has 2 unspecified atom stereocenters. The van der Waals surface area contributed by atoms with Crippen molar-refractivity contribution in [2.75, 3.05) is 0 Å². The summed E-state index contributed by atoms with van der Waals surface area (Å²) in [6, 6.07) is 10.4. The standard InChI is InChI=1S/C18H26BrN/c1-2-13-5-3-8-17(9-13)20-18-11-15(12-18)14-6-4-7-16(19)10-14/h4,6-7,10,13,15,17-18,20H,2-3,5,8-9,11-12H2,1H3. The first kappa shape index (κ1) is 14.6. The van der Waals surface area contributed by atoms with E-state index in [1.807, 2.05) is 0 Å². The van der Waals surface area contributed by atoms with E-state index in [2.05, 4.69) is 52.4 Å². The molecule has 0 aromatic heterocycles. The average molecular weight is 336 g/mol. The van der Waals surface area contributed by atoms with Crippen LogP contribution in [0.1, 0.15) is 63.4 Å². The van der Waals surface area contributed by atoms with E-state index in [0.29, 0.717) is 0 Å². The van der Waals surface area contributed by atoms with E-state index < -0.39 is 0 Å². The molecule has 2 aliphatic carbocycles. The minimum Gasteiger partial charge on any atom is -0.311 e. The predicted octanol–water partition coefficient (Wildman–Crippen LogP) is 5.25. The van der Waals surface area contributed by atoms with Gasteiger partial charge in [-0.1, -0.05) is 54.2 Å². The zero-order valence-corrected chi connectivity index (χ0v) is 14.0. The lowest BCUT2D eigenvalue weighted by Gasteiger charge is -2.41. The summed E-state index contributed by atoms with van der Waals surface area (Å²) in [5.41, 5.74) is 1.51. The van der Waals surface area contributed by atoms with Crippen LogP contribution in [0, 0.1) is 5.92 Å². The van der Waals surface area contributed by atoms with E-state index in [1.54, 1.807) is 0 Å². The number of rotatable bonds is 4. The maximum atomic E-state index is 3.92. The molecule has 2 aliphatic rings. The molecule has 0 radical (unpaired) electrons. The first-order valence-electron chi connectivity index (χ1n) is 8.26. The van der Waals surface area contributed by atoms with Crippen molar-refractivity contribution in [2.45, 2.75) is 69.9 Å². The third-order valence-corrected chi connectivity index (χ3v) is 5.78. The highest BCUT2D eigenvalue weighted by Crippen LogP contribution is 2.39. The molecule has 1 aromatic carbocycles. The van der Waals surface area contributed by atoms with Gasteiger partial charge in [-0.15, -0.1) is 0 Å². The molecule has 2 saturated carbocycles.